The Bertz CT molecular complexity index is 878. The van der Waals surface area contributed by atoms with E-state index >= 15 is 0 Å². The van der Waals surface area contributed by atoms with Crippen LogP contribution in [0.1, 0.15) is 10.4 Å². The van der Waals surface area contributed by atoms with Crippen LogP contribution in [0.2, 0.25) is 0 Å². The molecule has 7 nitrogen and oxygen atoms in total. The molecule has 0 aliphatic carbocycles. The molecule has 10 heteroatoms. The molecular weight excluding hydrogens is 393 g/mol. The number of nitrogens with one attached hydrogen (secondary N) is 2. The summed E-state index contributed by atoms with van der Waals surface area (Å²) < 4.78 is 44.9. The van der Waals surface area contributed by atoms with Crippen LogP contribution in [-0.2, 0) is 27.8 Å². The quantitative estimate of drug-likeness (QED) is 0.757. The number of nitrogens with zero attached hydrogens (tertiary/aromatic N) is 1. The molecule has 1 aromatic carbocycles. The Hall–Kier alpha value is -2.01. The molecule has 1 saturated heterocycles. The van der Waals surface area contributed by atoms with Gasteiger partial charge in [-0.25, -0.2) is 17.6 Å². The van der Waals surface area contributed by atoms with Gasteiger partial charge in [-0.05, 0) is 29.8 Å². The third-order valence-corrected chi connectivity index (χ3v) is 7.44. The summed E-state index contributed by atoms with van der Waals surface area (Å²) in [6, 6.07) is 8.72. The average molecular weight is 413 g/mol. The third-order valence-electron chi connectivity index (χ3n) is 3.99. The van der Waals surface area contributed by atoms with E-state index in [0.29, 0.717) is 26.3 Å². The van der Waals surface area contributed by atoms with Crippen molar-refractivity contribution in [3.63, 3.8) is 0 Å². The SMILES string of the molecule is O=C(NCc1ccc(F)cc1)NCc1ccc(S(=O)(=O)N2CCOCC2)s1. The molecule has 0 saturated carbocycles. The van der Waals surface area contributed by atoms with Crippen molar-refractivity contribution in [3.05, 3.63) is 52.7 Å². The second-order valence-corrected chi connectivity index (χ2v) is 9.23. The second-order valence-electron chi connectivity index (χ2n) is 5.90. The highest BCUT2D eigenvalue weighted by atomic mass is 32.2. The molecule has 0 spiro atoms. The van der Waals surface area contributed by atoms with Crippen molar-refractivity contribution in [2.24, 2.45) is 0 Å². The summed E-state index contributed by atoms with van der Waals surface area (Å²) in [4.78, 5) is 12.6. The fourth-order valence-electron chi connectivity index (χ4n) is 2.52. The molecule has 0 unspecified atom stereocenters. The zero-order chi connectivity index (χ0) is 19.3. The highest BCUT2D eigenvalue weighted by Gasteiger charge is 2.27. The first-order valence-electron chi connectivity index (χ1n) is 8.38. The van der Waals surface area contributed by atoms with Gasteiger partial charge in [0.05, 0.1) is 19.8 Å². The summed E-state index contributed by atoms with van der Waals surface area (Å²) in [6.45, 7) is 1.98. The molecule has 2 heterocycles. The molecule has 146 valence electrons. The summed E-state index contributed by atoms with van der Waals surface area (Å²) in [5.41, 5.74) is 0.779. The molecule has 0 bridgehead atoms. The topological polar surface area (TPSA) is 87.7 Å². The van der Waals surface area contributed by atoms with Crippen LogP contribution in [0.25, 0.3) is 0 Å². The summed E-state index contributed by atoms with van der Waals surface area (Å²) in [5, 5.41) is 5.35. The summed E-state index contributed by atoms with van der Waals surface area (Å²) in [6.07, 6.45) is 0. The molecule has 27 heavy (non-hydrogen) atoms. The van der Waals surface area contributed by atoms with Crippen molar-refractivity contribution in [1.82, 2.24) is 14.9 Å². The van der Waals surface area contributed by atoms with E-state index in [9.17, 15) is 17.6 Å². The van der Waals surface area contributed by atoms with Gasteiger partial charge in [0.25, 0.3) is 10.0 Å². The van der Waals surface area contributed by atoms with E-state index in [2.05, 4.69) is 10.6 Å². The van der Waals surface area contributed by atoms with Gasteiger partial charge >= 0.3 is 6.03 Å². The largest absolute Gasteiger partial charge is 0.379 e. The molecule has 2 N–H and O–H groups in total. The zero-order valence-corrected chi connectivity index (χ0v) is 16.1. The summed E-state index contributed by atoms with van der Waals surface area (Å²) >= 11 is 1.14. The number of rotatable bonds is 6. The van der Waals surface area contributed by atoms with Crippen molar-refractivity contribution in [2.75, 3.05) is 26.3 Å². The van der Waals surface area contributed by atoms with Gasteiger partial charge in [-0.3, -0.25) is 0 Å². The molecule has 0 atom stereocenters. The molecule has 1 aromatic heterocycles. The van der Waals surface area contributed by atoms with Gasteiger partial charge in [0.2, 0.25) is 0 Å². The lowest BCUT2D eigenvalue weighted by molar-refractivity contribution is 0.0731. The number of morpholine rings is 1. The molecule has 1 fully saturated rings. The third kappa shape index (κ3) is 5.25. The lowest BCUT2D eigenvalue weighted by Crippen LogP contribution is -2.40. The Balaban J connectivity index is 1.50. The van der Waals surface area contributed by atoms with Gasteiger partial charge in [0.1, 0.15) is 10.0 Å². The van der Waals surface area contributed by atoms with Gasteiger partial charge in [0.15, 0.2) is 0 Å². The maximum Gasteiger partial charge on any atom is 0.315 e. The Morgan fingerprint density at radius 2 is 1.74 bits per heavy atom. The highest BCUT2D eigenvalue weighted by Crippen LogP contribution is 2.25. The van der Waals surface area contributed by atoms with Crippen LogP contribution in [0, 0.1) is 5.82 Å². The Morgan fingerprint density at radius 3 is 2.44 bits per heavy atom. The Kier molecular flexibility index (Phi) is 6.42. The smallest absolute Gasteiger partial charge is 0.315 e. The van der Waals surface area contributed by atoms with E-state index in [1.807, 2.05) is 0 Å². The Morgan fingerprint density at radius 1 is 1.07 bits per heavy atom. The maximum atomic E-state index is 12.8. The van der Waals surface area contributed by atoms with E-state index in [-0.39, 0.29) is 29.1 Å². The van der Waals surface area contributed by atoms with E-state index in [1.165, 1.54) is 16.4 Å². The number of carbonyl (C=O) groups excluding carboxylic acids is 1. The number of benzene rings is 1. The van der Waals surface area contributed by atoms with Gasteiger partial charge in [-0.1, -0.05) is 12.1 Å². The standard InChI is InChI=1S/C17H20FN3O4S2/c18-14-3-1-13(2-4-14)11-19-17(22)20-12-15-5-6-16(26-15)27(23,24)21-7-9-25-10-8-21/h1-6H,7-12H2,(H2,19,20,22). The number of hydrogen-bond donors (Lipinski definition) is 2. The van der Waals surface area contributed by atoms with E-state index in [1.54, 1.807) is 24.3 Å². The monoisotopic (exact) mass is 413 g/mol. The van der Waals surface area contributed by atoms with Gasteiger partial charge in [-0.2, -0.15) is 4.31 Å². The highest BCUT2D eigenvalue weighted by molar-refractivity contribution is 7.91. The predicted octanol–water partition coefficient (Wildman–Crippen LogP) is 1.91. The van der Waals surface area contributed by atoms with E-state index in [0.717, 1.165) is 21.8 Å². The van der Waals surface area contributed by atoms with Crippen molar-refractivity contribution >= 4 is 27.4 Å². The minimum Gasteiger partial charge on any atom is -0.379 e. The van der Waals surface area contributed by atoms with E-state index < -0.39 is 10.0 Å². The number of carbonyl (C=O) groups is 1. The van der Waals surface area contributed by atoms with Crippen LogP contribution in [0.15, 0.2) is 40.6 Å². The maximum absolute atomic E-state index is 12.8. The molecule has 2 amide bonds. The lowest BCUT2D eigenvalue weighted by atomic mass is 10.2. The number of halogens is 1. The van der Waals surface area contributed by atoms with E-state index in [4.69, 9.17) is 4.74 Å². The lowest BCUT2D eigenvalue weighted by Gasteiger charge is -2.25. The van der Waals surface area contributed by atoms with Crippen LogP contribution in [-0.4, -0.2) is 45.1 Å². The van der Waals surface area contributed by atoms with Crippen molar-refractivity contribution < 1.29 is 22.3 Å². The molecule has 1 aliphatic heterocycles. The molecule has 1 aliphatic rings. The first-order chi connectivity index (χ1) is 12.9. The van der Waals surface area contributed by atoms with Crippen LogP contribution >= 0.6 is 11.3 Å². The molecule has 3 rings (SSSR count). The van der Waals surface area contributed by atoms with Crippen LogP contribution in [0.5, 0.6) is 0 Å². The first kappa shape index (κ1) is 19.7. The van der Waals surface area contributed by atoms with Crippen LogP contribution in [0.4, 0.5) is 9.18 Å². The minimum absolute atomic E-state index is 0.221. The first-order valence-corrected chi connectivity index (χ1v) is 10.6. The van der Waals surface area contributed by atoms with Gasteiger partial charge in [-0.15, -0.1) is 11.3 Å². The molecular formula is C17H20FN3O4S2. The number of urea groups is 1. The number of ether oxygens (including phenoxy) is 1. The van der Waals surface area contributed by atoms with Crippen LogP contribution in [0.3, 0.4) is 0 Å². The fraction of sp³-hybridized carbons (Fsp3) is 0.353. The van der Waals surface area contributed by atoms with Gasteiger partial charge < -0.3 is 15.4 Å². The summed E-state index contributed by atoms with van der Waals surface area (Å²) in [7, 11) is -3.52. The summed E-state index contributed by atoms with van der Waals surface area (Å²) in [5.74, 6) is -0.330. The Labute approximate surface area is 161 Å². The number of sulfonamides is 1. The number of hydrogen-bond acceptors (Lipinski definition) is 5. The van der Waals surface area contributed by atoms with Crippen molar-refractivity contribution in [1.29, 1.82) is 0 Å². The predicted molar refractivity (Wildman–Crippen MR) is 99.4 cm³/mol. The average Bonchev–Trinajstić information content (AvgIpc) is 3.16. The number of amides is 2. The van der Waals surface area contributed by atoms with Crippen molar-refractivity contribution in [2.45, 2.75) is 17.3 Å². The van der Waals surface area contributed by atoms with Crippen molar-refractivity contribution in [3.8, 4) is 0 Å². The fourth-order valence-corrected chi connectivity index (χ4v) is 5.38. The minimum atomic E-state index is -3.52. The van der Waals surface area contributed by atoms with Gasteiger partial charge in [0, 0.05) is 24.5 Å². The normalized spacial score (nSPS) is 15.4. The molecule has 2 aromatic rings. The second kappa shape index (κ2) is 8.79. The molecule has 0 radical (unpaired) electrons. The van der Waals surface area contributed by atoms with Crippen LogP contribution < -0.4 is 10.6 Å². The zero-order valence-electron chi connectivity index (χ0n) is 14.5. The number of thiophene rings is 1.